The van der Waals surface area contributed by atoms with Crippen LogP contribution < -0.4 is 5.32 Å². The van der Waals surface area contributed by atoms with Gasteiger partial charge in [-0.05, 0) is 18.1 Å². The Balaban J connectivity index is 1.27. The topological polar surface area (TPSA) is 100 Å². The number of ether oxygens (including phenoxy) is 1. The highest BCUT2D eigenvalue weighted by molar-refractivity contribution is 6.01. The van der Waals surface area contributed by atoms with E-state index in [0.29, 0.717) is 6.42 Å². The highest BCUT2D eigenvalue weighted by atomic mass is 16.6. The van der Waals surface area contributed by atoms with Gasteiger partial charge in [-0.2, -0.15) is 0 Å². The Hall–Kier alpha value is -3.39. The van der Waals surface area contributed by atoms with Gasteiger partial charge in [-0.15, -0.1) is 0 Å². The molecule has 3 atom stereocenters. The number of carbonyl (C=O) groups excluding carboxylic acids is 2. The number of hydrogen-bond acceptors (Lipinski definition) is 6. The third-order valence-electron chi connectivity index (χ3n) is 5.64. The summed E-state index contributed by atoms with van der Waals surface area (Å²) in [6.45, 7) is 2.45. The van der Waals surface area contributed by atoms with E-state index in [-0.39, 0.29) is 38.1 Å². The van der Waals surface area contributed by atoms with Crippen LogP contribution in [-0.2, 0) is 21.0 Å². The Morgan fingerprint density at radius 2 is 1.94 bits per heavy atom. The maximum Gasteiger partial charge on any atom is 0.410 e. The molecule has 8 heteroatoms. The minimum Gasteiger partial charge on any atom is -0.445 e. The molecular weight excluding hydrogens is 410 g/mol. The van der Waals surface area contributed by atoms with Crippen LogP contribution in [0.15, 0.2) is 59.8 Å². The first-order valence-electron chi connectivity index (χ1n) is 10.7. The van der Waals surface area contributed by atoms with Crippen LogP contribution in [0.1, 0.15) is 29.5 Å². The third kappa shape index (κ3) is 5.26. The predicted molar refractivity (Wildman–Crippen MR) is 118 cm³/mol. The second kappa shape index (κ2) is 9.82. The van der Waals surface area contributed by atoms with Crippen LogP contribution in [0.5, 0.6) is 0 Å². The normalized spacial score (nSPS) is 22.2. The minimum atomic E-state index is -0.785. The predicted octanol–water partition coefficient (Wildman–Crippen LogP) is 2.38. The summed E-state index contributed by atoms with van der Waals surface area (Å²) in [5, 5.41) is 17.0. The van der Waals surface area contributed by atoms with E-state index in [1.807, 2.05) is 61.5 Å². The lowest BCUT2D eigenvalue weighted by Crippen LogP contribution is -2.47. The van der Waals surface area contributed by atoms with Crippen LogP contribution in [0.3, 0.4) is 0 Å². The second-order valence-corrected chi connectivity index (χ2v) is 8.18. The number of aliphatic hydroxyl groups excluding tert-OH is 1. The van der Waals surface area contributed by atoms with Crippen molar-refractivity contribution < 1.29 is 24.3 Å². The van der Waals surface area contributed by atoms with Gasteiger partial charge in [0.15, 0.2) is 0 Å². The number of carbonyl (C=O) groups is 2. The molecule has 2 amide bonds. The number of oxime groups is 1. The van der Waals surface area contributed by atoms with Crippen molar-refractivity contribution in [3.05, 3.63) is 71.3 Å². The number of nitrogens with one attached hydrogen (secondary N) is 1. The molecule has 4 rings (SSSR count). The minimum absolute atomic E-state index is 0.0618. The maximum absolute atomic E-state index is 12.8. The first-order valence-corrected chi connectivity index (χ1v) is 10.7. The summed E-state index contributed by atoms with van der Waals surface area (Å²) >= 11 is 0. The van der Waals surface area contributed by atoms with E-state index < -0.39 is 18.2 Å². The van der Waals surface area contributed by atoms with Crippen LogP contribution in [-0.4, -0.2) is 59.1 Å². The summed E-state index contributed by atoms with van der Waals surface area (Å²) in [7, 11) is 0. The molecule has 0 radical (unpaired) electrons. The van der Waals surface area contributed by atoms with Crippen molar-refractivity contribution in [2.75, 3.05) is 13.1 Å². The van der Waals surface area contributed by atoms with Gasteiger partial charge in [0.2, 0.25) is 5.91 Å². The van der Waals surface area contributed by atoms with Gasteiger partial charge in [-0.25, -0.2) is 4.79 Å². The van der Waals surface area contributed by atoms with Crippen molar-refractivity contribution in [1.29, 1.82) is 0 Å². The molecule has 1 unspecified atom stereocenters. The zero-order valence-corrected chi connectivity index (χ0v) is 17.9. The van der Waals surface area contributed by atoms with E-state index in [9.17, 15) is 14.7 Å². The van der Waals surface area contributed by atoms with Crippen LogP contribution in [0.25, 0.3) is 0 Å². The van der Waals surface area contributed by atoms with Crippen molar-refractivity contribution in [3.8, 4) is 0 Å². The SMILES string of the molecule is Cc1ccc(C2=NOC(CNC(=O)[C@@H]3C[C@@H](O)CN3C(=O)OCc3ccccc3)C2)cc1. The Labute approximate surface area is 186 Å². The summed E-state index contributed by atoms with van der Waals surface area (Å²) in [5.41, 5.74) is 3.86. The molecule has 0 spiro atoms. The number of benzene rings is 2. The molecule has 1 fully saturated rings. The lowest BCUT2D eigenvalue weighted by atomic mass is 10.0. The van der Waals surface area contributed by atoms with E-state index >= 15 is 0 Å². The van der Waals surface area contributed by atoms with E-state index in [2.05, 4.69) is 10.5 Å². The average molecular weight is 437 g/mol. The zero-order valence-electron chi connectivity index (χ0n) is 17.9. The molecule has 32 heavy (non-hydrogen) atoms. The lowest BCUT2D eigenvalue weighted by molar-refractivity contribution is -0.125. The molecule has 0 aliphatic carbocycles. The smallest absolute Gasteiger partial charge is 0.410 e. The molecule has 168 valence electrons. The van der Waals surface area contributed by atoms with E-state index in [4.69, 9.17) is 9.57 Å². The fourth-order valence-electron chi connectivity index (χ4n) is 3.85. The third-order valence-corrected chi connectivity index (χ3v) is 5.64. The van der Waals surface area contributed by atoms with Gasteiger partial charge in [0.25, 0.3) is 0 Å². The number of β-amino-alcohol motifs (C(OH)–C–C–N with tert-alkyl or cyclic N) is 1. The van der Waals surface area contributed by atoms with Gasteiger partial charge in [0.1, 0.15) is 18.8 Å². The van der Waals surface area contributed by atoms with Gasteiger partial charge in [-0.1, -0.05) is 65.3 Å². The molecule has 1 saturated heterocycles. The van der Waals surface area contributed by atoms with Crippen molar-refractivity contribution in [2.24, 2.45) is 5.16 Å². The number of likely N-dealkylation sites (tertiary alicyclic amines) is 1. The van der Waals surface area contributed by atoms with Gasteiger partial charge in [0.05, 0.1) is 24.9 Å². The van der Waals surface area contributed by atoms with Crippen molar-refractivity contribution in [1.82, 2.24) is 10.2 Å². The molecule has 2 aromatic rings. The van der Waals surface area contributed by atoms with Gasteiger partial charge in [0, 0.05) is 12.8 Å². The summed E-state index contributed by atoms with van der Waals surface area (Å²) in [6.07, 6.45) is -0.913. The number of hydrogen-bond donors (Lipinski definition) is 2. The van der Waals surface area contributed by atoms with Crippen molar-refractivity contribution in [3.63, 3.8) is 0 Å². The Bertz CT molecular complexity index is 977. The zero-order chi connectivity index (χ0) is 22.5. The van der Waals surface area contributed by atoms with Crippen molar-refractivity contribution in [2.45, 2.75) is 44.6 Å². The summed E-state index contributed by atoms with van der Waals surface area (Å²) in [6, 6.07) is 16.5. The number of nitrogens with zero attached hydrogens (tertiary/aromatic N) is 2. The monoisotopic (exact) mass is 437 g/mol. The molecule has 2 aliphatic rings. The Morgan fingerprint density at radius 1 is 1.19 bits per heavy atom. The highest BCUT2D eigenvalue weighted by Crippen LogP contribution is 2.21. The van der Waals surface area contributed by atoms with E-state index in [1.165, 1.54) is 10.5 Å². The standard InChI is InChI=1S/C24H27N3O5/c1-16-7-9-18(10-8-16)21-12-20(32-26-21)13-25-23(29)22-11-19(28)14-27(22)24(30)31-15-17-5-3-2-4-6-17/h2-10,19-20,22,28H,11-15H2,1H3,(H,25,29)/t19-,20?,22+/m1/s1. The molecule has 8 nitrogen and oxygen atoms in total. The second-order valence-electron chi connectivity index (χ2n) is 8.18. The van der Waals surface area contributed by atoms with Crippen LogP contribution in [0.2, 0.25) is 0 Å². The molecule has 2 heterocycles. The Kier molecular flexibility index (Phi) is 6.70. The first kappa shape index (κ1) is 21.8. The van der Waals surface area contributed by atoms with Crippen molar-refractivity contribution >= 4 is 17.7 Å². The quantitative estimate of drug-likeness (QED) is 0.723. The number of aliphatic hydroxyl groups is 1. The fourth-order valence-corrected chi connectivity index (χ4v) is 3.85. The van der Waals surface area contributed by atoms with E-state index in [0.717, 1.165) is 16.8 Å². The molecule has 2 aliphatic heterocycles. The van der Waals surface area contributed by atoms with Crippen LogP contribution in [0, 0.1) is 6.92 Å². The fraction of sp³-hybridized carbons (Fsp3) is 0.375. The molecule has 2 N–H and O–H groups in total. The lowest BCUT2D eigenvalue weighted by Gasteiger charge is -2.23. The molecule has 0 aromatic heterocycles. The summed E-state index contributed by atoms with van der Waals surface area (Å²) in [4.78, 5) is 32.0. The maximum atomic E-state index is 12.8. The number of amides is 2. The largest absolute Gasteiger partial charge is 0.445 e. The summed E-state index contributed by atoms with van der Waals surface area (Å²) < 4.78 is 5.34. The first-order chi connectivity index (χ1) is 15.5. The molecule has 2 aromatic carbocycles. The molecular formula is C24H27N3O5. The van der Waals surface area contributed by atoms with Crippen LogP contribution in [0.4, 0.5) is 4.79 Å². The van der Waals surface area contributed by atoms with Gasteiger partial charge < -0.3 is 20.0 Å². The summed E-state index contributed by atoms with van der Waals surface area (Å²) in [5.74, 6) is -0.342. The van der Waals surface area contributed by atoms with Crippen LogP contribution >= 0.6 is 0 Å². The van der Waals surface area contributed by atoms with Gasteiger partial charge in [-0.3, -0.25) is 9.69 Å². The highest BCUT2D eigenvalue weighted by Gasteiger charge is 2.40. The Morgan fingerprint density at radius 3 is 2.69 bits per heavy atom. The average Bonchev–Trinajstić information content (AvgIpc) is 3.44. The molecule has 0 saturated carbocycles. The van der Waals surface area contributed by atoms with Gasteiger partial charge >= 0.3 is 6.09 Å². The van der Waals surface area contributed by atoms with E-state index in [1.54, 1.807) is 0 Å². The number of aryl methyl sites for hydroxylation is 1. The molecule has 0 bridgehead atoms. The number of rotatable bonds is 6.